The van der Waals surface area contributed by atoms with E-state index in [-0.39, 0.29) is 10.6 Å². The molecule has 2 heterocycles. The minimum absolute atomic E-state index is 0.0277. The molecule has 3 rings (SSSR count). The second-order valence-electron chi connectivity index (χ2n) is 4.90. The molecule has 0 saturated carbocycles. The van der Waals surface area contributed by atoms with Gasteiger partial charge in [-0.15, -0.1) is 22.7 Å². The van der Waals surface area contributed by atoms with Crippen LogP contribution in [0.25, 0.3) is 0 Å². The van der Waals surface area contributed by atoms with Crippen molar-refractivity contribution in [1.82, 2.24) is 0 Å². The van der Waals surface area contributed by atoms with Gasteiger partial charge >= 0.3 is 0 Å². The fourth-order valence-electron chi connectivity index (χ4n) is 1.96. The zero-order valence-electron chi connectivity index (χ0n) is 12.6. The highest BCUT2D eigenvalue weighted by Crippen LogP contribution is 2.30. The van der Waals surface area contributed by atoms with Crippen molar-refractivity contribution in [2.24, 2.45) is 0 Å². The quantitative estimate of drug-likeness (QED) is 0.606. The van der Waals surface area contributed by atoms with E-state index in [9.17, 15) is 22.0 Å². The van der Waals surface area contributed by atoms with Crippen molar-refractivity contribution < 1.29 is 22.0 Å². The third-order valence-electron chi connectivity index (χ3n) is 3.13. The molecule has 0 fully saturated rings. The molecule has 1 amide bonds. The molecule has 0 aliphatic heterocycles. The smallest absolute Gasteiger partial charge is 0.268 e. The average Bonchev–Trinajstić information content (AvgIpc) is 3.18. The summed E-state index contributed by atoms with van der Waals surface area (Å²) in [6, 6.07) is 6.84. The van der Waals surface area contributed by atoms with Crippen LogP contribution in [0.2, 0.25) is 4.34 Å². The Kier molecular flexibility index (Phi) is 5.28. The number of halogens is 3. The zero-order valence-corrected chi connectivity index (χ0v) is 15.8. The van der Waals surface area contributed by atoms with Crippen molar-refractivity contribution in [3.05, 3.63) is 62.6 Å². The lowest BCUT2D eigenvalue weighted by molar-refractivity contribution is 0.103. The van der Waals surface area contributed by atoms with Crippen molar-refractivity contribution >= 4 is 60.9 Å². The van der Waals surface area contributed by atoms with E-state index >= 15 is 0 Å². The van der Waals surface area contributed by atoms with Crippen molar-refractivity contribution in [3.63, 3.8) is 0 Å². The summed E-state index contributed by atoms with van der Waals surface area (Å²) in [5.74, 6) is -2.97. The number of thiophene rings is 2. The van der Waals surface area contributed by atoms with Gasteiger partial charge in [-0.1, -0.05) is 11.6 Å². The lowest BCUT2D eigenvalue weighted by Gasteiger charge is -2.09. The summed E-state index contributed by atoms with van der Waals surface area (Å²) in [5, 5.41) is 4.64. The lowest BCUT2D eigenvalue weighted by Crippen LogP contribution is -2.17. The van der Waals surface area contributed by atoms with Gasteiger partial charge in [-0.05, 0) is 41.8 Å². The van der Waals surface area contributed by atoms with Crippen LogP contribution in [0.1, 0.15) is 9.67 Å². The first-order chi connectivity index (χ1) is 12.3. The summed E-state index contributed by atoms with van der Waals surface area (Å²) in [7, 11) is -4.20. The largest absolute Gasteiger partial charge is 0.313 e. The fraction of sp³-hybridized carbons (Fsp3) is 0. The number of nitrogens with one attached hydrogen (secondary N) is 2. The van der Waals surface area contributed by atoms with Gasteiger partial charge in [0.2, 0.25) is 0 Å². The molecule has 11 heteroatoms. The van der Waals surface area contributed by atoms with Crippen molar-refractivity contribution in [2.75, 3.05) is 10.0 Å². The van der Waals surface area contributed by atoms with Gasteiger partial charge in [0.05, 0.1) is 19.9 Å². The van der Waals surface area contributed by atoms with E-state index in [1.54, 1.807) is 12.1 Å². The minimum Gasteiger partial charge on any atom is -0.313 e. The molecule has 0 bridgehead atoms. The molecule has 2 aromatic heterocycles. The van der Waals surface area contributed by atoms with Crippen LogP contribution in [0.4, 0.5) is 19.5 Å². The standard InChI is InChI=1S/C15H9ClF2N2O3S3/c16-12-3-4-13(25-12)19-15(21)14-11(5-6-24-14)20-26(22,23)8-1-2-9(17)10(18)7-8/h1-7,20H,(H,19,21). The maximum Gasteiger partial charge on any atom is 0.268 e. The Labute approximate surface area is 160 Å². The van der Waals surface area contributed by atoms with E-state index in [1.165, 1.54) is 11.4 Å². The second-order valence-corrected chi connectivity index (χ2v) is 9.22. The highest BCUT2D eigenvalue weighted by molar-refractivity contribution is 7.92. The van der Waals surface area contributed by atoms with Crippen LogP contribution >= 0.6 is 34.3 Å². The van der Waals surface area contributed by atoms with E-state index in [0.717, 1.165) is 28.7 Å². The summed E-state index contributed by atoms with van der Waals surface area (Å²) in [4.78, 5) is 12.0. The van der Waals surface area contributed by atoms with Gasteiger partial charge in [-0.3, -0.25) is 9.52 Å². The lowest BCUT2D eigenvalue weighted by atomic mass is 10.3. The number of hydrogen-bond donors (Lipinski definition) is 2. The Bertz CT molecular complexity index is 1080. The Morgan fingerprint density at radius 2 is 1.85 bits per heavy atom. The van der Waals surface area contributed by atoms with Gasteiger partial charge in [0.25, 0.3) is 15.9 Å². The summed E-state index contributed by atoms with van der Waals surface area (Å²) < 4.78 is 53.7. The van der Waals surface area contributed by atoms with Gasteiger partial charge in [-0.2, -0.15) is 0 Å². The molecule has 1 aromatic carbocycles. The normalized spacial score (nSPS) is 11.3. The Morgan fingerprint density at radius 1 is 1.08 bits per heavy atom. The monoisotopic (exact) mass is 434 g/mol. The molecule has 3 aromatic rings. The van der Waals surface area contributed by atoms with Crippen LogP contribution in [-0.4, -0.2) is 14.3 Å². The van der Waals surface area contributed by atoms with E-state index in [1.807, 2.05) is 0 Å². The molecule has 26 heavy (non-hydrogen) atoms. The predicted octanol–water partition coefficient (Wildman–Crippen LogP) is 4.79. The Morgan fingerprint density at radius 3 is 2.50 bits per heavy atom. The number of amides is 1. The first kappa shape index (κ1) is 18.8. The average molecular weight is 435 g/mol. The maximum atomic E-state index is 13.3. The number of carbonyl (C=O) groups excluding carboxylic acids is 1. The Balaban J connectivity index is 1.83. The highest BCUT2D eigenvalue weighted by Gasteiger charge is 2.21. The summed E-state index contributed by atoms with van der Waals surface area (Å²) in [5.41, 5.74) is 0.0277. The second kappa shape index (κ2) is 7.31. The molecule has 0 unspecified atom stereocenters. The van der Waals surface area contributed by atoms with Crippen molar-refractivity contribution in [3.8, 4) is 0 Å². The zero-order chi connectivity index (χ0) is 18.9. The highest BCUT2D eigenvalue weighted by atomic mass is 35.5. The predicted molar refractivity (Wildman–Crippen MR) is 98.8 cm³/mol. The maximum absolute atomic E-state index is 13.3. The van der Waals surface area contributed by atoms with Crippen LogP contribution in [-0.2, 0) is 10.0 Å². The molecular formula is C15H9ClF2N2O3S3. The third-order valence-corrected chi connectivity index (χ3v) is 6.55. The van der Waals surface area contributed by atoms with Crippen LogP contribution < -0.4 is 10.0 Å². The van der Waals surface area contributed by atoms with Crippen LogP contribution in [0.15, 0.2) is 46.7 Å². The number of anilines is 2. The summed E-state index contributed by atoms with van der Waals surface area (Å²) >= 11 is 7.98. The number of sulfonamides is 1. The van der Waals surface area contributed by atoms with Crippen molar-refractivity contribution in [2.45, 2.75) is 4.90 Å². The first-order valence-electron chi connectivity index (χ1n) is 6.88. The molecule has 0 saturated heterocycles. The molecule has 0 aliphatic rings. The molecule has 2 N–H and O–H groups in total. The summed E-state index contributed by atoms with van der Waals surface area (Å²) in [6.45, 7) is 0. The number of carbonyl (C=O) groups is 1. The first-order valence-corrected chi connectivity index (χ1v) is 10.4. The van der Waals surface area contributed by atoms with Gasteiger partial charge in [0.15, 0.2) is 11.6 Å². The van der Waals surface area contributed by atoms with Gasteiger partial charge in [-0.25, -0.2) is 17.2 Å². The molecule has 0 spiro atoms. The molecule has 5 nitrogen and oxygen atoms in total. The molecule has 0 aliphatic carbocycles. The SMILES string of the molecule is O=C(Nc1ccc(Cl)s1)c1sccc1NS(=O)(=O)c1ccc(F)c(F)c1. The molecule has 136 valence electrons. The van der Waals surface area contributed by atoms with E-state index in [2.05, 4.69) is 10.0 Å². The number of rotatable bonds is 5. The number of hydrogen-bond acceptors (Lipinski definition) is 5. The molecule has 0 atom stereocenters. The van der Waals surface area contributed by atoms with Gasteiger partial charge in [0.1, 0.15) is 4.88 Å². The van der Waals surface area contributed by atoms with E-state index < -0.39 is 32.5 Å². The number of benzene rings is 1. The third kappa shape index (κ3) is 4.04. The topological polar surface area (TPSA) is 75.3 Å². The van der Waals surface area contributed by atoms with Gasteiger partial charge in [0, 0.05) is 0 Å². The Hall–Kier alpha value is -2.01. The minimum atomic E-state index is -4.20. The molecule has 0 radical (unpaired) electrons. The van der Waals surface area contributed by atoms with Crippen molar-refractivity contribution in [1.29, 1.82) is 0 Å². The van der Waals surface area contributed by atoms with Crippen LogP contribution in [0.5, 0.6) is 0 Å². The van der Waals surface area contributed by atoms with E-state index in [4.69, 9.17) is 11.6 Å². The van der Waals surface area contributed by atoms with Gasteiger partial charge < -0.3 is 5.32 Å². The van der Waals surface area contributed by atoms with E-state index in [0.29, 0.717) is 21.5 Å². The molecular weight excluding hydrogens is 426 g/mol. The summed E-state index contributed by atoms with van der Waals surface area (Å²) in [6.07, 6.45) is 0. The fourth-order valence-corrected chi connectivity index (χ4v) is 4.79. The van der Waals surface area contributed by atoms with Crippen LogP contribution in [0.3, 0.4) is 0 Å². The van der Waals surface area contributed by atoms with Crippen LogP contribution in [0, 0.1) is 11.6 Å².